The molecule has 0 fully saturated rings. The largest absolute Gasteiger partial charge is 0.477 e. The van der Waals surface area contributed by atoms with Gasteiger partial charge in [0.2, 0.25) is 0 Å². The monoisotopic (exact) mass is 386 g/mol. The van der Waals surface area contributed by atoms with Gasteiger partial charge in [0.1, 0.15) is 11.3 Å². The van der Waals surface area contributed by atoms with Gasteiger partial charge in [-0.1, -0.05) is 41.9 Å². The Balaban J connectivity index is 2.03. The van der Waals surface area contributed by atoms with E-state index in [0.717, 1.165) is 16.5 Å². The molecular weight excluding hydrogens is 368 g/mol. The predicted molar refractivity (Wildman–Crippen MR) is 104 cm³/mol. The third-order valence-electron chi connectivity index (χ3n) is 4.40. The van der Waals surface area contributed by atoms with E-state index in [1.165, 1.54) is 13.2 Å². The van der Waals surface area contributed by atoms with Crippen molar-refractivity contribution in [3.63, 3.8) is 0 Å². The van der Waals surface area contributed by atoms with Crippen molar-refractivity contribution in [3.8, 4) is 5.75 Å². The lowest BCUT2D eigenvalue weighted by atomic mass is 9.99. The van der Waals surface area contributed by atoms with Crippen LogP contribution in [0, 0.1) is 6.92 Å². The normalized spacial score (nSPS) is 12.0. The average Bonchev–Trinajstić information content (AvgIpc) is 2.66. The van der Waals surface area contributed by atoms with Gasteiger partial charge < -0.3 is 13.9 Å². The van der Waals surface area contributed by atoms with E-state index in [1.807, 2.05) is 37.3 Å². The van der Waals surface area contributed by atoms with E-state index in [-0.39, 0.29) is 5.75 Å². The van der Waals surface area contributed by atoms with Crippen LogP contribution in [0.1, 0.15) is 23.6 Å². The molecule has 0 N–H and O–H groups in total. The van der Waals surface area contributed by atoms with Gasteiger partial charge in [0.25, 0.3) is 0 Å². The highest BCUT2D eigenvalue weighted by molar-refractivity contribution is 6.32. The summed E-state index contributed by atoms with van der Waals surface area (Å²) in [4.78, 5) is 24.1. The van der Waals surface area contributed by atoms with E-state index < -0.39 is 17.7 Å². The van der Waals surface area contributed by atoms with Crippen molar-refractivity contribution in [2.75, 3.05) is 7.11 Å². The molecule has 1 atom stereocenters. The van der Waals surface area contributed by atoms with E-state index in [9.17, 15) is 9.59 Å². The number of methoxy groups -OCH3 is 1. The van der Waals surface area contributed by atoms with Crippen LogP contribution in [0.3, 0.4) is 0 Å². The fourth-order valence-corrected chi connectivity index (χ4v) is 3.10. The number of benzene rings is 2. The number of ether oxygens (including phenoxy) is 2. The maximum absolute atomic E-state index is 12.5. The van der Waals surface area contributed by atoms with Crippen molar-refractivity contribution in [2.45, 2.75) is 26.4 Å². The molecule has 2 aromatic carbocycles. The zero-order valence-corrected chi connectivity index (χ0v) is 16.0. The van der Waals surface area contributed by atoms with Crippen molar-refractivity contribution in [1.82, 2.24) is 0 Å². The SMILES string of the molecule is COC(=O)C(C)Oc1cc2oc(=O)c(Cc3ccccc3)c(C)c2cc1Cl. The Morgan fingerprint density at radius 2 is 1.93 bits per heavy atom. The molecule has 0 aliphatic rings. The van der Waals surface area contributed by atoms with Crippen molar-refractivity contribution in [3.05, 3.63) is 74.6 Å². The molecule has 1 aromatic heterocycles. The highest BCUT2D eigenvalue weighted by atomic mass is 35.5. The molecular formula is C21H19ClO5. The fourth-order valence-electron chi connectivity index (χ4n) is 2.89. The minimum absolute atomic E-state index is 0.250. The molecule has 3 aromatic rings. The van der Waals surface area contributed by atoms with Gasteiger partial charge in [-0.05, 0) is 31.0 Å². The molecule has 3 rings (SSSR count). The Hall–Kier alpha value is -2.79. The molecule has 27 heavy (non-hydrogen) atoms. The molecule has 5 nitrogen and oxygen atoms in total. The minimum atomic E-state index is -0.838. The molecule has 0 spiro atoms. The molecule has 0 aliphatic carbocycles. The second kappa shape index (κ2) is 7.84. The summed E-state index contributed by atoms with van der Waals surface area (Å²) in [7, 11) is 1.28. The van der Waals surface area contributed by atoms with E-state index in [4.69, 9.17) is 20.8 Å². The fraction of sp³-hybridized carbons (Fsp3) is 0.238. The molecule has 1 unspecified atom stereocenters. The molecule has 0 amide bonds. The summed E-state index contributed by atoms with van der Waals surface area (Å²) in [6.07, 6.45) is -0.365. The zero-order chi connectivity index (χ0) is 19.6. The van der Waals surface area contributed by atoms with Crippen LogP contribution >= 0.6 is 11.6 Å². The van der Waals surface area contributed by atoms with Crippen LogP contribution < -0.4 is 10.4 Å². The molecule has 0 saturated heterocycles. The maximum Gasteiger partial charge on any atom is 0.346 e. The predicted octanol–water partition coefficient (Wildman–Crippen LogP) is 4.29. The zero-order valence-electron chi connectivity index (χ0n) is 15.2. The third-order valence-corrected chi connectivity index (χ3v) is 4.70. The van der Waals surface area contributed by atoms with Crippen LogP contribution in [0.5, 0.6) is 5.75 Å². The lowest BCUT2D eigenvalue weighted by Gasteiger charge is -2.15. The molecule has 0 aliphatic heterocycles. The Morgan fingerprint density at radius 1 is 1.22 bits per heavy atom. The highest BCUT2D eigenvalue weighted by Gasteiger charge is 2.19. The molecule has 1 heterocycles. The van der Waals surface area contributed by atoms with E-state index in [0.29, 0.717) is 22.6 Å². The number of halogens is 1. The van der Waals surface area contributed by atoms with Crippen LogP contribution in [-0.2, 0) is 16.0 Å². The molecule has 0 radical (unpaired) electrons. The Kier molecular flexibility index (Phi) is 5.51. The molecule has 6 heteroatoms. The number of hydrogen-bond acceptors (Lipinski definition) is 5. The summed E-state index contributed by atoms with van der Waals surface area (Å²) in [6.45, 7) is 3.42. The lowest BCUT2D eigenvalue weighted by molar-refractivity contribution is -0.147. The van der Waals surface area contributed by atoms with Crippen LogP contribution in [0.2, 0.25) is 5.02 Å². The van der Waals surface area contributed by atoms with Crippen molar-refractivity contribution >= 4 is 28.5 Å². The van der Waals surface area contributed by atoms with Gasteiger partial charge in [0.15, 0.2) is 6.10 Å². The summed E-state index contributed by atoms with van der Waals surface area (Å²) in [5.41, 5.74) is 2.36. The molecule has 140 valence electrons. The van der Waals surface area contributed by atoms with Crippen molar-refractivity contribution in [1.29, 1.82) is 0 Å². The second-order valence-corrected chi connectivity index (χ2v) is 6.62. The van der Waals surface area contributed by atoms with Gasteiger partial charge in [0.05, 0.1) is 12.1 Å². The van der Waals surface area contributed by atoms with Crippen LogP contribution in [0.15, 0.2) is 51.7 Å². The van der Waals surface area contributed by atoms with Gasteiger partial charge in [-0.2, -0.15) is 0 Å². The minimum Gasteiger partial charge on any atom is -0.477 e. The second-order valence-electron chi connectivity index (χ2n) is 6.22. The quantitative estimate of drug-likeness (QED) is 0.483. The summed E-state index contributed by atoms with van der Waals surface area (Å²) < 4.78 is 15.7. The average molecular weight is 387 g/mol. The number of fused-ring (bicyclic) bond motifs is 1. The summed E-state index contributed by atoms with van der Waals surface area (Å²) in [5, 5.41) is 1.05. The van der Waals surface area contributed by atoms with Gasteiger partial charge in [-0.15, -0.1) is 0 Å². The number of hydrogen-bond donors (Lipinski definition) is 0. The topological polar surface area (TPSA) is 65.7 Å². The van der Waals surface area contributed by atoms with E-state index >= 15 is 0 Å². The van der Waals surface area contributed by atoms with Gasteiger partial charge >= 0.3 is 11.6 Å². The Labute approximate surface area is 161 Å². The van der Waals surface area contributed by atoms with Crippen molar-refractivity contribution in [2.24, 2.45) is 0 Å². The summed E-state index contributed by atoms with van der Waals surface area (Å²) in [5.74, 6) is -0.276. The first-order chi connectivity index (χ1) is 12.9. The summed E-state index contributed by atoms with van der Waals surface area (Å²) >= 11 is 6.32. The van der Waals surface area contributed by atoms with Crippen LogP contribution in [-0.4, -0.2) is 19.2 Å². The highest BCUT2D eigenvalue weighted by Crippen LogP contribution is 2.33. The first kappa shape index (κ1) is 19.0. The molecule has 0 saturated carbocycles. The van der Waals surface area contributed by atoms with Gasteiger partial charge in [0, 0.05) is 23.4 Å². The van der Waals surface area contributed by atoms with Gasteiger partial charge in [-0.3, -0.25) is 0 Å². The van der Waals surface area contributed by atoms with E-state index in [1.54, 1.807) is 13.0 Å². The lowest BCUT2D eigenvalue weighted by Crippen LogP contribution is -2.25. The number of esters is 1. The maximum atomic E-state index is 12.5. The van der Waals surface area contributed by atoms with Crippen LogP contribution in [0.25, 0.3) is 11.0 Å². The molecule has 0 bridgehead atoms. The number of aryl methyl sites for hydroxylation is 1. The first-order valence-electron chi connectivity index (χ1n) is 8.45. The smallest absolute Gasteiger partial charge is 0.346 e. The van der Waals surface area contributed by atoms with Gasteiger partial charge in [-0.25, -0.2) is 9.59 Å². The van der Waals surface area contributed by atoms with E-state index in [2.05, 4.69) is 4.74 Å². The summed E-state index contributed by atoms with van der Waals surface area (Å²) in [6, 6.07) is 12.9. The number of carbonyl (C=O) groups excluding carboxylic acids is 1. The Bertz CT molecular complexity index is 1040. The Morgan fingerprint density at radius 3 is 2.59 bits per heavy atom. The van der Waals surface area contributed by atoms with Crippen LogP contribution in [0.4, 0.5) is 0 Å². The standard InChI is InChI=1S/C21H19ClO5/c1-12-15-10-17(22)19(26-13(2)20(23)25-3)11-18(15)27-21(24)16(12)9-14-7-5-4-6-8-14/h4-8,10-11,13H,9H2,1-3H3. The number of carbonyl (C=O) groups is 1. The first-order valence-corrected chi connectivity index (χ1v) is 8.82. The van der Waals surface area contributed by atoms with Crippen molar-refractivity contribution < 1.29 is 18.7 Å². The number of rotatable bonds is 5. The third kappa shape index (κ3) is 3.98.